The van der Waals surface area contributed by atoms with Crippen molar-refractivity contribution in [2.75, 3.05) is 19.6 Å². The molecule has 1 amide bonds. The Morgan fingerprint density at radius 3 is 2.81 bits per heavy atom. The van der Waals surface area contributed by atoms with Crippen molar-refractivity contribution >= 4 is 16.8 Å². The number of para-hydroxylation sites is 1. The van der Waals surface area contributed by atoms with Gasteiger partial charge in [0.05, 0.1) is 13.1 Å². The van der Waals surface area contributed by atoms with Crippen molar-refractivity contribution in [1.82, 2.24) is 4.98 Å². The molecule has 21 heavy (non-hydrogen) atoms. The quantitative estimate of drug-likeness (QED) is 0.638. The molecule has 1 saturated heterocycles. The van der Waals surface area contributed by atoms with Crippen LogP contribution in [0.15, 0.2) is 30.5 Å². The summed E-state index contributed by atoms with van der Waals surface area (Å²) in [5.41, 5.74) is 7.36. The van der Waals surface area contributed by atoms with Gasteiger partial charge in [-0.25, -0.2) is 0 Å². The summed E-state index contributed by atoms with van der Waals surface area (Å²) >= 11 is 0. The molecule has 0 saturated carbocycles. The summed E-state index contributed by atoms with van der Waals surface area (Å²) in [6, 6.07) is 8.00. The number of aromatic amines is 1. The number of piperidine rings is 1. The largest absolute Gasteiger partial charge is 0.382 e. The molecule has 1 aromatic heterocycles. The lowest BCUT2D eigenvalue weighted by Crippen LogP contribution is -3.13. The smallest absolute Gasteiger partial charge is 0.220 e. The van der Waals surface area contributed by atoms with E-state index in [4.69, 9.17) is 5.73 Å². The fourth-order valence-corrected chi connectivity index (χ4v) is 3.27. The normalized spacial score (nSPS) is 24.0. The highest BCUT2D eigenvalue weighted by Gasteiger charge is 2.28. The molecular weight excluding hydrogens is 266 g/mol. The van der Waals surface area contributed by atoms with Gasteiger partial charge in [-0.2, -0.15) is 0 Å². The first-order valence-electron chi connectivity index (χ1n) is 7.52. The number of nitrogens with one attached hydrogen (secondary N) is 2. The van der Waals surface area contributed by atoms with Gasteiger partial charge < -0.3 is 20.7 Å². The Morgan fingerprint density at radius 1 is 1.38 bits per heavy atom. The van der Waals surface area contributed by atoms with Gasteiger partial charge in [-0.15, -0.1) is 0 Å². The average Bonchev–Trinajstić information content (AvgIpc) is 2.92. The number of likely N-dealkylation sites (tertiary alicyclic amines) is 1. The van der Waals surface area contributed by atoms with E-state index in [1.54, 1.807) is 0 Å². The van der Waals surface area contributed by atoms with Crippen LogP contribution in [0.1, 0.15) is 24.5 Å². The molecule has 0 unspecified atom stereocenters. The van der Waals surface area contributed by atoms with Gasteiger partial charge in [0.2, 0.25) is 5.91 Å². The number of nitrogens with two attached hydrogens (primary N) is 1. The SMILES string of the molecule is NC(=O)C1CC[NH+](C[C@@H](O)c2c[nH]c3ccccc23)CC1. The first-order chi connectivity index (χ1) is 10.1. The molecule has 3 rings (SSSR count). The summed E-state index contributed by atoms with van der Waals surface area (Å²) in [4.78, 5) is 15.7. The maximum Gasteiger partial charge on any atom is 0.220 e. The molecule has 5 nitrogen and oxygen atoms in total. The number of hydrogen-bond donors (Lipinski definition) is 4. The summed E-state index contributed by atoms with van der Waals surface area (Å²) in [5.74, 6) is -0.176. The van der Waals surface area contributed by atoms with Gasteiger partial charge in [0.15, 0.2) is 0 Å². The number of carbonyl (C=O) groups excluding carboxylic acids is 1. The first kappa shape index (κ1) is 14.1. The van der Waals surface area contributed by atoms with Crippen LogP contribution in [-0.2, 0) is 4.79 Å². The Bertz CT molecular complexity index is 629. The zero-order valence-corrected chi connectivity index (χ0v) is 12.0. The molecule has 0 spiro atoms. The van der Waals surface area contributed by atoms with E-state index in [1.807, 2.05) is 30.5 Å². The van der Waals surface area contributed by atoms with Crippen LogP contribution < -0.4 is 10.6 Å². The highest BCUT2D eigenvalue weighted by Crippen LogP contribution is 2.23. The standard InChI is InChI=1S/C16H21N3O2/c17-16(21)11-5-7-19(8-6-11)10-15(20)13-9-18-14-4-2-1-3-12(13)14/h1-4,9,11,15,18,20H,5-8,10H2,(H2,17,21)/p+1/t15-/m1/s1. The van der Waals surface area contributed by atoms with Crippen molar-refractivity contribution in [1.29, 1.82) is 0 Å². The molecule has 1 aromatic carbocycles. The van der Waals surface area contributed by atoms with Gasteiger partial charge in [-0.1, -0.05) is 18.2 Å². The fraction of sp³-hybridized carbons (Fsp3) is 0.438. The highest BCUT2D eigenvalue weighted by molar-refractivity contribution is 5.83. The Balaban J connectivity index is 1.64. The van der Waals surface area contributed by atoms with Crippen LogP contribution in [0.2, 0.25) is 0 Å². The highest BCUT2D eigenvalue weighted by atomic mass is 16.3. The molecule has 1 aliphatic rings. The van der Waals surface area contributed by atoms with Crippen molar-refractivity contribution in [3.63, 3.8) is 0 Å². The molecular formula is C16H22N3O2+. The first-order valence-corrected chi connectivity index (χ1v) is 7.52. The number of carbonyl (C=O) groups is 1. The lowest BCUT2D eigenvalue weighted by Gasteiger charge is -2.29. The van der Waals surface area contributed by atoms with Crippen LogP contribution >= 0.6 is 0 Å². The van der Waals surface area contributed by atoms with Crippen molar-refractivity contribution in [2.24, 2.45) is 11.7 Å². The number of aromatic nitrogens is 1. The fourth-order valence-electron chi connectivity index (χ4n) is 3.27. The molecule has 2 aromatic rings. The number of primary amides is 1. The van der Waals surface area contributed by atoms with Crippen LogP contribution in [-0.4, -0.2) is 35.6 Å². The number of hydrogen-bond acceptors (Lipinski definition) is 2. The molecule has 5 heteroatoms. The van der Waals surface area contributed by atoms with E-state index >= 15 is 0 Å². The minimum atomic E-state index is -0.485. The lowest BCUT2D eigenvalue weighted by molar-refractivity contribution is -0.909. The minimum absolute atomic E-state index is 0.0129. The minimum Gasteiger partial charge on any atom is -0.382 e. The van der Waals surface area contributed by atoms with E-state index in [-0.39, 0.29) is 11.8 Å². The topological polar surface area (TPSA) is 83.6 Å². The summed E-state index contributed by atoms with van der Waals surface area (Å²) in [7, 11) is 0. The van der Waals surface area contributed by atoms with E-state index in [0.29, 0.717) is 6.54 Å². The van der Waals surface area contributed by atoms with Gasteiger partial charge in [0.1, 0.15) is 12.6 Å². The van der Waals surface area contributed by atoms with E-state index in [1.165, 1.54) is 4.90 Å². The van der Waals surface area contributed by atoms with Gasteiger partial charge in [-0.3, -0.25) is 4.79 Å². The van der Waals surface area contributed by atoms with Crippen molar-refractivity contribution in [3.8, 4) is 0 Å². The Morgan fingerprint density at radius 2 is 2.10 bits per heavy atom. The number of amides is 1. The van der Waals surface area contributed by atoms with Crippen LogP contribution in [0, 0.1) is 5.92 Å². The zero-order chi connectivity index (χ0) is 14.8. The van der Waals surface area contributed by atoms with Gasteiger partial charge in [-0.05, 0) is 6.07 Å². The molecule has 0 aliphatic carbocycles. The third kappa shape index (κ3) is 2.94. The van der Waals surface area contributed by atoms with Crippen molar-refractivity contribution in [3.05, 3.63) is 36.0 Å². The number of aliphatic hydroxyl groups is 1. The number of quaternary nitrogens is 1. The van der Waals surface area contributed by atoms with Crippen LogP contribution in [0.5, 0.6) is 0 Å². The van der Waals surface area contributed by atoms with Crippen LogP contribution in [0.25, 0.3) is 10.9 Å². The molecule has 5 N–H and O–H groups in total. The molecule has 2 heterocycles. The number of aliphatic hydroxyl groups excluding tert-OH is 1. The molecule has 1 atom stereocenters. The molecule has 1 aliphatic heterocycles. The number of fused-ring (bicyclic) bond motifs is 1. The third-order valence-corrected chi connectivity index (χ3v) is 4.56. The second kappa shape index (κ2) is 5.87. The third-order valence-electron chi connectivity index (χ3n) is 4.56. The summed E-state index contributed by atoms with van der Waals surface area (Å²) < 4.78 is 0. The predicted octanol–water partition coefficient (Wildman–Crippen LogP) is -0.0185. The van der Waals surface area contributed by atoms with E-state index in [0.717, 1.165) is 42.4 Å². The summed E-state index contributed by atoms with van der Waals surface area (Å²) in [6.45, 7) is 2.47. The Labute approximate surface area is 123 Å². The summed E-state index contributed by atoms with van der Waals surface area (Å²) in [6.07, 6.45) is 3.06. The van der Waals surface area contributed by atoms with Gasteiger partial charge >= 0.3 is 0 Å². The monoisotopic (exact) mass is 288 g/mol. The van der Waals surface area contributed by atoms with Crippen molar-refractivity contribution in [2.45, 2.75) is 18.9 Å². The van der Waals surface area contributed by atoms with E-state index in [2.05, 4.69) is 4.98 Å². The maximum atomic E-state index is 11.2. The van der Waals surface area contributed by atoms with Crippen LogP contribution in [0.3, 0.4) is 0 Å². The van der Waals surface area contributed by atoms with Gasteiger partial charge in [0.25, 0.3) is 0 Å². The van der Waals surface area contributed by atoms with E-state index in [9.17, 15) is 9.90 Å². The Kier molecular flexibility index (Phi) is 3.94. The lowest BCUT2D eigenvalue weighted by atomic mass is 9.96. The van der Waals surface area contributed by atoms with E-state index < -0.39 is 6.10 Å². The second-order valence-corrected chi connectivity index (χ2v) is 5.94. The predicted molar refractivity (Wildman–Crippen MR) is 80.7 cm³/mol. The molecule has 0 bridgehead atoms. The maximum absolute atomic E-state index is 11.2. The number of rotatable bonds is 4. The molecule has 112 valence electrons. The molecule has 0 radical (unpaired) electrons. The number of H-pyrrole nitrogens is 1. The second-order valence-electron chi connectivity index (χ2n) is 5.94. The van der Waals surface area contributed by atoms with Crippen molar-refractivity contribution < 1.29 is 14.8 Å². The molecule has 1 fully saturated rings. The summed E-state index contributed by atoms with van der Waals surface area (Å²) in [5, 5.41) is 11.6. The van der Waals surface area contributed by atoms with Crippen LogP contribution in [0.4, 0.5) is 0 Å². The zero-order valence-electron chi connectivity index (χ0n) is 12.0. The number of benzene rings is 1. The Hall–Kier alpha value is -1.85. The average molecular weight is 288 g/mol. The van der Waals surface area contributed by atoms with Gasteiger partial charge in [0, 0.05) is 41.4 Å².